The molecule has 0 atom stereocenters. The minimum atomic E-state index is 0.848. The van der Waals surface area contributed by atoms with Gasteiger partial charge in [0.25, 0.3) is 0 Å². The number of pyridine rings is 2. The van der Waals surface area contributed by atoms with Gasteiger partial charge < -0.3 is 8.83 Å². The molecule has 4 heterocycles. The Morgan fingerprint density at radius 1 is 0.396 bits per heavy atom. The first-order valence-electron chi connectivity index (χ1n) is 16.1. The summed E-state index contributed by atoms with van der Waals surface area (Å²) in [6, 6.07) is 47.1. The minimum absolute atomic E-state index is 0.848. The van der Waals surface area contributed by atoms with Gasteiger partial charge >= 0.3 is 0 Å². The first kappa shape index (κ1) is 25.6. The minimum Gasteiger partial charge on any atom is -0.455 e. The number of para-hydroxylation sites is 2. The summed E-state index contributed by atoms with van der Waals surface area (Å²) < 4.78 is 13.0. The van der Waals surface area contributed by atoms with E-state index in [0.29, 0.717) is 0 Å². The molecule has 0 radical (unpaired) electrons. The van der Waals surface area contributed by atoms with Gasteiger partial charge in [0.05, 0.1) is 16.4 Å². The fourth-order valence-corrected chi connectivity index (χ4v) is 7.59. The molecule has 4 heteroatoms. The number of hydrogen-bond acceptors (Lipinski definition) is 4. The van der Waals surface area contributed by atoms with Crippen molar-refractivity contribution in [2.75, 3.05) is 0 Å². The predicted octanol–water partition coefficient (Wildman–Crippen LogP) is 12.2. The van der Waals surface area contributed by atoms with Gasteiger partial charge in [-0.25, -0.2) is 0 Å². The maximum atomic E-state index is 6.56. The Hall–Kier alpha value is -6.52. The second-order valence-corrected chi connectivity index (χ2v) is 12.6. The highest BCUT2D eigenvalue weighted by Gasteiger charge is 2.20. The van der Waals surface area contributed by atoms with Gasteiger partial charge in [-0.05, 0) is 75.1 Å². The van der Waals surface area contributed by atoms with Gasteiger partial charge in [0, 0.05) is 50.5 Å². The summed E-state index contributed by atoms with van der Waals surface area (Å²) in [5, 5.41) is 11.3. The lowest BCUT2D eigenvalue weighted by atomic mass is 9.94. The third-order valence-electron chi connectivity index (χ3n) is 9.89. The number of hydrogen-bond donors (Lipinski definition) is 0. The lowest BCUT2D eigenvalue weighted by Gasteiger charge is -2.10. The number of aromatic nitrogens is 2. The zero-order valence-corrected chi connectivity index (χ0v) is 25.6. The molecule has 0 fully saturated rings. The van der Waals surface area contributed by atoms with Crippen LogP contribution >= 0.6 is 0 Å². The number of rotatable bonds is 2. The second kappa shape index (κ2) is 9.50. The standard InChI is InChI=1S/C44H24N2O2/c1-3-9-38-34(7-1)37-23-36(43-40(44(37)47-38)35-8-2-4-10-39(35)48-43)29-16-18-33-28(21-29)13-12-27-20-26(15-17-32(27)33)31-22-30-14-11-25-6-5-19-45-41(25)42(30)46-24-31/h1-24H. The molecule has 0 amide bonds. The van der Waals surface area contributed by atoms with Crippen molar-refractivity contribution in [3.8, 4) is 22.3 Å². The smallest absolute Gasteiger partial charge is 0.147 e. The summed E-state index contributed by atoms with van der Waals surface area (Å²) in [6.45, 7) is 0. The summed E-state index contributed by atoms with van der Waals surface area (Å²) in [4.78, 5) is 9.43. The van der Waals surface area contributed by atoms with Crippen molar-refractivity contribution in [3.63, 3.8) is 0 Å². The van der Waals surface area contributed by atoms with E-state index < -0.39 is 0 Å². The monoisotopic (exact) mass is 612 g/mol. The van der Waals surface area contributed by atoms with E-state index >= 15 is 0 Å². The maximum absolute atomic E-state index is 6.56. The summed E-state index contributed by atoms with van der Waals surface area (Å²) in [5.41, 5.74) is 9.72. The topological polar surface area (TPSA) is 52.1 Å². The quantitative estimate of drug-likeness (QED) is 0.182. The lowest BCUT2D eigenvalue weighted by molar-refractivity contribution is 0.663. The summed E-state index contributed by atoms with van der Waals surface area (Å²) in [5.74, 6) is 0. The van der Waals surface area contributed by atoms with Crippen molar-refractivity contribution in [1.29, 1.82) is 0 Å². The Labute approximate surface area is 273 Å². The fraction of sp³-hybridized carbons (Fsp3) is 0. The Balaban J connectivity index is 1.06. The van der Waals surface area contributed by atoms with Crippen molar-refractivity contribution >= 4 is 87.2 Å². The third-order valence-corrected chi connectivity index (χ3v) is 9.89. The Morgan fingerprint density at radius 3 is 1.90 bits per heavy atom. The molecule has 48 heavy (non-hydrogen) atoms. The summed E-state index contributed by atoms with van der Waals surface area (Å²) in [6.07, 6.45) is 3.79. The van der Waals surface area contributed by atoms with Crippen LogP contribution in [0.15, 0.2) is 155 Å². The predicted molar refractivity (Wildman–Crippen MR) is 197 cm³/mol. The van der Waals surface area contributed by atoms with E-state index in [-0.39, 0.29) is 0 Å². The van der Waals surface area contributed by atoms with Gasteiger partial charge in [0.15, 0.2) is 0 Å². The van der Waals surface area contributed by atoms with Crippen molar-refractivity contribution in [1.82, 2.24) is 9.97 Å². The molecule has 11 aromatic rings. The Kier molecular flexibility index (Phi) is 5.08. The van der Waals surface area contributed by atoms with Crippen LogP contribution in [0.1, 0.15) is 0 Å². The molecule has 222 valence electrons. The zero-order valence-electron chi connectivity index (χ0n) is 25.6. The van der Waals surface area contributed by atoms with Crippen LogP contribution in [0.25, 0.3) is 109 Å². The molecule has 0 unspecified atom stereocenters. The van der Waals surface area contributed by atoms with Gasteiger partial charge in [0.1, 0.15) is 22.3 Å². The number of benzene rings is 7. The van der Waals surface area contributed by atoms with Crippen molar-refractivity contribution in [2.45, 2.75) is 0 Å². The Bertz CT molecular complexity index is 3130. The molecule has 0 saturated heterocycles. The van der Waals surface area contributed by atoms with Crippen LogP contribution < -0.4 is 0 Å². The average Bonchev–Trinajstić information content (AvgIpc) is 3.72. The van der Waals surface area contributed by atoms with Crippen molar-refractivity contribution in [3.05, 3.63) is 146 Å². The van der Waals surface area contributed by atoms with E-state index in [9.17, 15) is 0 Å². The molecule has 0 aliphatic rings. The molecular weight excluding hydrogens is 588 g/mol. The average molecular weight is 613 g/mol. The highest BCUT2D eigenvalue weighted by Crippen LogP contribution is 2.44. The Morgan fingerprint density at radius 2 is 1.04 bits per heavy atom. The number of furan rings is 2. The maximum Gasteiger partial charge on any atom is 0.147 e. The van der Waals surface area contributed by atoms with Crippen molar-refractivity contribution in [2.24, 2.45) is 0 Å². The molecule has 7 aromatic carbocycles. The first-order chi connectivity index (χ1) is 23.8. The zero-order chi connectivity index (χ0) is 31.3. The van der Waals surface area contributed by atoms with E-state index in [2.05, 4.69) is 108 Å². The SMILES string of the molecule is c1cnc2c(c1)ccc1cc(-c3ccc4c(ccc5cc(-c6cc7c8ccccc8oc7c7c6oc6ccccc67)ccc54)c3)cnc12. The van der Waals surface area contributed by atoms with Crippen molar-refractivity contribution < 1.29 is 8.83 Å². The molecule has 0 bridgehead atoms. The van der Waals surface area contributed by atoms with E-state index in [1.165, 1.54) is 21.5 Å². The van der Waals surface area contributed by atoms with E-state index in [0.717, 1.165) is 87.9 Å². The second-order valence-electron chi connectivity index (χ2n) is 12.6. The molecular formula is C44H24N2O2. The van der Waals surface area contributed by atoms with Gasteiger partial charge in [0.2, 0.25) is 0 Å². The largest absolute Gasteiger partial charge is 0.455 e. The number of nitrogens with zero attached hydrogens (tertiary/aromatic N) is 2. The van der Waals surface area contributed by atoms with Crippen LogP contribution in [0.4, 0.5) is 0 Å². The third kappa shape index (κ3) is 3.60. The van der Waals surface area contributed by atoms with Gasteiger partial charge in [-0.2, -0.15) is 0 Å². The molecule has 0 saturated carbocycles. The highest BCUT2D eigenvalue weighted by molar-refractivity contribution is 6.25. The van der Waals surface area contributed by atoms with E-state index in [4.69, 9.17) is 13.8 Å². The van der Waals surface area contributed by atoms with Gasteiger partial charge in [-0.3, -0.25) is 9.97 Å². The molecule has 4 aromatic heterocycles. The lowest BCUT2D eigenvalue weighted by Crippen LogP contribution is -1.87. The first-order valence-corrected chi connectivity index (χ1v) is 16.1. The normalized spacial score (nSPS) is 12.2. The van der Waals surface area contributed by atoms with Gasteiger partial charge in [-0.15, -0.1) is 0 Å². The molecule has 0 aliphatic carbocycles. The molecule has 4 nitrogen and oxygen atoms in total. The molecule has 0 spiro atoms. The van der Waals surface area contributed by atoms with Crippen LogP contribution in [-0.2, 0) is 0 Å². The van der Waals surface area contributed by atoms with Crippen LogP contribution in [0.5, 0.6) is 0 Å². The molecule has 0 N–H and O–H groups in total. The summed E-state index contributed by atoms with van der Waals surface area (Å²) in [7, 11) is 0. The van der Waals surface area contributed by atoms with Crippen LogP contribution in [0.2, 0.25) is 0 Å². The van der Waals surface area contributed by atoms with E-state index in [1.807, 2.05) is 42.7 Å². The molecule has 0 aliphatic heterocycles. The highest BCUT2D eigenvalue weighted by atomic mass is 16.3. The molecule has 11 rings (SSSR count). The van der Waals surface area contributed by atoms with E-state index in [1.54, 1.807) is 0 Å². The number of fused-ring (bicyclic) bond motifs is 13. The fourth-order valence-electron chi connectivity index (χ4n) is 7.59. The van der Waals surface area contributed by atoms with Crippen LogP contribution in [0, 0.1) is 0 Å². The van der Waals surface area contributed by atoms with Crippen LogP contribution in [0.3, 0.4) is 0 Å². The van der Waals surface area contributed by atoms with Gasteiger partial charge in [-0.1, -0.05) is 91.0 Å². The summed E-state index contributed by atoms with van der Waals surface area (Å²) >= 11 is 0. The van der Waals surface area contributed by atoms with Crippen LogP contribution in [-0.4, -0.2) is 9.97 Å².